The number of halogens is 1. The highest BCUT2D eigenvalue weighted by molar-refractivity contribution is 9.10. The van der Waals surface area contributed by atoms with Gasteiger partial charge in [0.25, 0.3) is 0 Å². The van der Waals surface area contributed by atoms with Crippen LogP contribution in [0.25, 0.3) is 0 Å². The Kier molecular flexibility index (Phi) is 10.4. The number of carbonyl (C=O) groups is 2. The fourth-order valence-corrected chi connectivity index (χ4v) is 4.08. The van der Waals surface area contributed by atoms with Gasteiger partial charge in [-0.05, 0) is 39.7 Å². The number of carboxylic acids is 2. The van der Waals surface area contributed by atoms with Crippen molar-refractivity contribution in [1.29, 1.82) is 0 Å². The molecule has 10 heteroatoms. The molecule has 0 radical (unpaired) electrons. The van der Waals surface area contributed by atoms with Crippen LogP contribution in [0.4, 0.5) is 0 Å². The first-order valence-corrected chi connectivity index (χ1v) is 11.0. The summed E-state index contributed by atoms with van der Waals surface area (Å²) in [7, 11) is 5.07. The number of nitrogens with zero attached hydrogens (tertiary/aromatic N) is 2. The standard InChI is InChI=1S/C21H27BrN2O3.C2H2O4/c1-25-19-8-7-16(13-18(19)22)14-23-9-11-24(12-10-23)15-17-5-4-6-20(26-2)21(17)27-3;3-1(4)2(5)6/h4-8,13H,9-12,14-15H2,1-3H3;(H,3,4)(H,5,6). The van der Waals surface area contributed by atoms with E-state index in [1.165, 1.54) is 11.1 Å². The summed E-state index contributed by atoms with van der Waals surface area (Å²) < 4.78 is 17.3. The van der Waals surface area contributed by atoms with E-state index in [9.17, 15) is 0 Å². The van der Waals surface area contributed by atoms with Crippen LogP contribution in [0.1, 0.15) is 11.1 Å². The van der Waals surface area contributed by atoms with Gasteiger partial charge < -0.3 is 24.4 Å². The molecule has 33 heavy (non-hydrogen) atoms. The highest BCUT2D eigenvalue weighted by Gasteiger charge is 2.19. The zero-order valence-corrected chi connectivity index (χ0v) is 20.5. The Morgan fingerprint density at radius 3 is 1.91 bits per heavy atom. The number of benzene rings is 2. The number of para-hydroxylation sites is 1. The minimum Gasteiger partial charge on any atom is -0.496 e. The first-order valence-electron chi connectivity index (χ1n) is 10.2. The molecule has 180 valence electrons. The molecule has 1 fully saturated rings. The van der Waals surface area contributed by atoms with Gasteiger partial charge in [-0.2, -0.15) is 0 Å². The third kappa shape index (κ3) is 7.92. The first kappa shape index (κ1) is 26.4. The summed E-state index contributed by atoms with van der Waals surface area (Å²) in [5.41, 5.74) is 2.47. The summed E-state index contributed by atoms with van der Waals surface area (Å²) in [5, 5.41) is 14.8. The molecule has 2 aromatic rings. The molecule has 0 amide bonds. The molecule has 1 heterocycles. The third-order valence-electron chi connectivity index (χ3n) is 5.15. The van der Waals surface area contributed by atoms with Crippen LogP contribution >= 0.6 is 15.9 Å². The fourth-order valence-electron chi connectivity index (χ4n) is 3.49. The Balaban J connectivity index is 0.000000569. The molecule has 2 aromatic carbocycles. The van der Waals surface area contributed by atoms with Gasteiger partial charge in [0.1, 0.15) is 5.75 Å². The van der Waals surface area contributed by atoms with Crippen molar-refractivity contribution in [3.63, 3.8) is 0 Å². The van der Waals surface area contributed by atoms with Gasteiger partial charge in [-0.15, -0.1) is 0 Å². The quantitative estimate of drug-likeness (QED) is 0.528. The number of ether oxygens (including phenoxy) is 3. The molecular weight excluding hydrogens is 496 g/mol. The molecule has 3 rings (SSSR count). The Labute approximate surface area is 201 Å². The molecule has 0 aliphatic carbocycles. The van der Waals surface area contributed by atoms with Crippen molar-refractivity contribution in [2.24, 2.45) is 0 Å². The lowest BCUT2D eigenvalue weighted by Gasteiger charge is -2.35. The molecule has 0 bridgehead atoms. The second kappa shape index (κ2) is 13.0. The van der Waals surface area contributed by atoms with Crippen molar-refractivity contribution in [1.82, 2.24) is 9.80 Å². The molecule has 1 aliphatic heterocycles. The minimum absolute atomic E-state index is 0.790. The first-order chi connectivity index (χ1) is 15.8. The molecule has 1 aliphatic rings. The van der Waals surface area contributed by atoms with E-state index in [2.05, 4.69) is 43.9 Å². The Morgan fingerprint density at radius 1 is 0.848 bits per heavy atom. The smallest absolute Gasteiger partial charge is 0.414 e. The lowest BCUT2D eigenvalue weighted by Crippen LogP contribution is -2.45. The average Bonchev–Trinajstić information content (AvgIpc) is 2.80. The van der Waals surface area contributed by atoms with Gasteiger partial charge in [0.2, 0.25) is 0 Å². The number of piperazine rings is 1. The van der Waals surface area contributed by atoms with Crippen molar-refractivity contribution in [3.05, 3.63) is 52.0 Å². The SMILES string of the molecule is COc1ccc(CN2CCN(Cc3cccc(OC)c3OC)CC2)cc1Br.O=C(O)C(=O)O. The Morgan fingerprint density at radius 2 is 1.42 bits per heavy atom. The van der Waals surface area contributed by atoms with Gasteiger partial charge in [0.05, 0.1) is 25.8 Å². The molecular formula is C23H29BrN2O7. The van der Waals surface area contributed by atoms with Gasteiger partial charge in [-0.25, -0.2) is 9.59 Å². The van der Waals surface area contributed by atoms with Crippen molar-refractivity contribution in [3.8, 4) is 17.2 Å². The maximum absolute atomic E-state index is 9.10. The van der Waals surface area contributed by atoms with E-state index in [0.717, 1.165) is 61.0 Å². The predicted octanol–water partition coefficient (Wildman–Crippen LogP) is 2.95. The highest BCUT2D eigenvalue weighted by atomic mass is 79.9. The van der Waals surface area contributed by atoms with E-state index in [-0.39, 0.29) is 0 Å². The van der Waals surface area contributed by atoms with Gasteiger partial charge in [0.15, 0.2) is 11.5 Å². The highest BCUT2D eigenvalue weighted by Crippen LogP contribution is 2.32. The Bertz CT molecular complexity index is 934. The molecule has 0 aromatic heterocycles. The van der Waals surface area contributed by atoms with Crippen molar-refractivity contribution in [2.75, 3.05) is 47.5 Å². The Hall–Kier alpha value is -2.82. The lowest BCUT2D eigenvalue weighted by molar-refractivity contribution is -0.159. The van der Waals surface area contributed by atoms with Crippen LogP contribution in [0.5, 0.6) is 17.2 Å². The summed E-state index contributed by atoms with van der Waals surface area (Å²) in [5.74, 6) is -1.15. The van der Waals surface area contributed by atoms with Crippen LogP contribution < -0.4 is 14.2 Å². The second-order valence-corrected chi connectivity index (χ2v) is 8.14. The molecule has 0 unspecified atom stereocenters. The second-order valence-electron chi connectivity index (χ2n) is 7.28. The predicted molar refractivity (Wildman–Crippen MR) is 126 cm³/mol. The van der Waals surface area contributed by atoms with E-state index in [4.69, 9.17) is 34.0 Å². The fraction of sp³-hybridized carbons (Fsp3) is 0.391. The molecule has 2 N–H and O–H groups in total. The molecule has 9 nitrogen and oxygen atoms in total. The molecule has 1 saturated heterocycles. The maximum atomic E-state index is 9.10. The number of hydrogen-bond acceptors (Lipinski definition) is 7. The van der Waals surface area contributed by atoms with Crippen LogP contribution in [0, 0.1) is 0 Å². The van der Waals surface area contributed by atoms with Gasteiger partial charge in [0, 0.05) is 44.8 Å². The zero-order chi connectivity index (χ0) is 24.4. The van der Waals surface area contributed by atoms with E-state index in [0.29, 0.717) is 0 Å². The largest absolute Gasteiger partial charge is 0.496 e. The van der Waals surface area contributed by atoms with Crippen molar-refractivity contribution >= 4 is 27.9 Å². The molecule has 0 atom stereocenters. The minimum atomic E-state index is -1.82. The van der Waals surface area contributed by atoms with E-state index in [1.54, 1.807) is 21.3 Å². The summed E-state index contributed by atoms with van der Waals surface area (Å²) in [6, 6.07) is 12.4. The van der Waals surface area contributed by atoms with Gasteiger partial charge >= 0.3 is 11.9 Å². The summed E-state index contributed by atoms with van der Waals surface area (Å²) >= 11 is 3.57. The van der Waals surface area contributed by atoms with Crippen LogP contribution in [0.3, 0.4) is 0 Å². The van der Waals surface area contributed by atoms with E-state index in [1.807, 2.05) is 18.2 Å². The van der Waals surface area contributed by atoms with Crippen molar-refractivity contribution in [2.45, 2.75) is 13.1 Å². The van der Waals surface area contributed by atoms with Crippen LogP contribution in [0.15, 0.2) is 40.9 Å². The number of rotatable bonds is 7. The summed E-state index contributed by atoms with van der Waals surface area (Å²) in [4.78, 5) is 23.2. The molecule has 0 spiro atoms. The number of aliphatic carboxylic acids is 2. The van der Waals surface area contributed by atoms with E-state index < -0.39 is 11.9 Å². The number of carboxylic acid groups (broad SMARTS) is 2. The zero-order valence-electron chi connectivity index (χ0n) is 18.9. The normalized spacial score (nSPS) is 14.1. The third-order valence-corrected chi connectivity index (χ3v) is 5.77. The number of methoxy groups -OCH3 is 3. The summed E-state index contributed by atoms with van der Waals surface area (Å²) in [6.45, 7) is 6.02. The van der Waals surface area contributed by atoms with Gasteiger partial charge in [-0.3, -0.25) is 9.80 Å². The molecule has 0 saturated carbocycles. The van der Waals surface area contributed by atoms with Gasteiger partial charge in [-0.1, -0.05) is 18.2 Å². The van der Waals surface area contributed by atoms with Crippen LogP contribution in [-0.4, -0.2) is 79.5 Å². The topological polar surface area (TPSA) is 109 Å². The van der Waals surface area contributed by atoms with Crippen molar-refractivity contribution < 1.29 is 34.0 Å². The van der Waals surface area contributed by atoms with E-state index >= 15 is 0 Å². The van der Waals surface area contributed by atoms with Crippen LogP contribution in [-0.2, 0) is 22.7 Å². The lowest BCUT2D eigenvalue weighted by atomic mass is 10.1. The van der Waals surface area contributed by atoms with Crippen LogP contribution in [0.2, 0.25) is 0 Å². The number of hydrogen-bond donors (Lipinski definition) is 2. The summed E-state index contributed by atoms with van der Waals surface area (Å²) in [6.07, 6.45) is 0. The maximum Gasteiger partial charge on any atom is 0.414 e. The monoisotopic (exact) mass is 524 g/mol. The average molecular weight is 525 g/mol.